The molecule has 4 aromatic rings. The quantitative estimate of drug-likeness (QED) is 0.484. The van der Waals surface area contributed by atoms with Gasteiger partial charge < -0.3 is 10.1 Å². The van der Waals surface area contributed by atoms with E-state index >= 15 is 0 Å². The SMILES string of the molecule is COc1ccc2sn(CCNC(=O)c3ncn4c(=O)n(C)nnc34)c(=O)c2c1. The van der Waals surface area contributed by atoms with Crippen LogP contribution in [0.4, 0.5) is 0 Å². The van der Waals surface area contributed by atoms with Crippen LogP contribution in [-0.2, 0) is 13.6 Å². The van der Waals surface area contributed by atoms with Gasteiger partial charge in [-0.3, -0.25) is 13.5 Å². The molecule has 3 aromatic heterocycles. The predicted octanol–water partition coefficient (Wildman–Crippen LogP) is -0.362. The molecule has 4 rings (SSSR count). The van der Waals surface area contributed by atoms with Crippen LogP contribution < -0.4 is 21.3 Å². The summed E-state index contributed by atoms with van der Waals surface area (Å²) in [6.45, 7) is 0.505. The fraction of sp³-hybridized carbons (Fsp3) is 0.250. The minimum atomic E-state index is -0.499. The van der Waals surface area contributed by atoms with Crippen LogP contribution >= 0.6 is 11.5 Å². The van der Waals surface area contributed by atoms with Crippen molar-refractivity contribution in [3.05, 3.63) is 51.1 Å². The molecule has 28 heavy (non-hydrogen) atoms. The average molecular weight is 401 g/mol. The van der Waals surface area contributed by atoms with Gasteiger partial charge in [0.1, 0.15) is 12.1 Å². The number of amides is 1. The van der Waals surface area contributed by atoms with Crippen LogP contribution in [0, 0.1) is 0 Å². The lowest BCUT2D eigenvalue weighted by Crippen LogP contribution is -2.30. The van der Waals surface area contributed by atoms with Crippen LogP contribution in [0.15, 0.2) is 34.1 Å². The highest BCUT2D eigenvalue weighted by Gasteiger charge is 2.17. The number of rotatable bonds is 5. The van der Waals surface area contributed by atoms with Gasteiger partial charge in [-0.2, -0.15) is 4.68 Å². The molecule has 0 aliphatic rings. The molecule has 11 nitrogen and oxygen atoms in total. The van der Waals surface area contributed by atoms with Crippen molar-refractivity contribution in [2.45, 2.75) is 6.54 Å². The van der Waals surface area contributed by atoms with Gasteiger partial charge in [0.15, 0.2) is 11.3 Å². The van der Waals surface area contributed by atoms with Crippen LogP contribution in [0.1, 0.15) is 10.5 Å². The highest BCUT2D eigenvalue weighted by molar-refractivity contribution is 7.13. The molecule has 0 unspecified atom stereocenters. The van der Waals surface area contributed by atoms with Gasteiger partial charge in [0, 0.05) is 13.6 Å². The van der Waals surface area contributed by atoms with E-state index in [0.717, 1.165) is 13.8 Å². The molecule has 12 heteroatoms. The number of nitrogens with one attached hydrogen (secondary N) is 1. The highest BCUT2D eigenvalue weighted by Crippen LogP contribution is 2.21. The van der Waals surface area contributed by atoms with Crippen molar-refractivity contribution in [2.24, 2.45) is 7.05 Å². The van der Waals surface area contributed by atoms with E-state index in [-0.39, 0.29) is 23.4 Å². The Balaban J connectivity index is 1.50. The summed E-state index contributed by atoms with van der Waals surface area (Å²) in [5.41, 5.74) is -0.524. The minimum absolute atomic E-state index is 0.00127. The largest absolute Gasteiger partial charge is 0.497 e. The van der Waals surface area contributed by atoms with Crippen molar-refractivity contribution >= 4 is 33.2 Å². The zero-order chi connectivity index (χ0) is 19.8. The summed E-state index contributed by atoms with van der Waals surface area (Å²) < 4.78 is 9.73. The van der Waals surface area contributed by atoms with E-state index in [4.69, 9.17) is 4.74 Å². The van der Waals surface area contributed by atoms with Gasteiger partial charge in [0.2, 0.25) is 0 Å². The Morgan fingerprint density at radius 3 is 2.93 bits per heavy atom. The van der Waals surface area contributed by atoms with E-state index < -0.39 is 11.6 Å². The Morgan fingerprint density at radius 2 is 2.14 bits per heavy atom. The van der Waals surface area contributed by atoms with Crippen molar-refractivity contribution in [1.29, 1.82) is 0 Å². The van der Waals surface area contributed by atoms with E-state index in [2.05, 4.69) is 20.6 Å². The molecular weight excluding hydrogens is 386 g/mol. The first kappa shape index (κ1) is 17.9. The molecule has 0 atom stereocenters. The summed E-state index contributed by atoms with van der Waals surface area (Å²) in [6, 6.07) is 5.31. The number of carbonyl (C=O) groups is 1. The normalized spacial score (nSPS) is 11.2. The standard InChI is InChI=1S/C16H15N7O4S/c1-21-16(26)22-8-18-12(13(22)19-20-21)14(24)17-5-6-23-15(25)10-7-9(27-2)3-4-11(10)28-23/h3-4,7-8H,5-6H2,1-2H3,(H,17,24). The molecule has 0 radical (unpaired) electrons. The Bertz CT molecular complexity index is 1320. The second-order valence-corrected chi connectivity index (χ2v) is 6.96. The number of hydrogen-bond acceptors (Lipinski definition) is 8. The first-order valence-electron chi connectivity index (χ1n) is 8.22. The Hall–Kier alpha value is -3.54. The number of aryl methyl sites for hydroxylation is 1. The molecule has 0 bridgehead atoms. The van der Waals surface area contributed by atoms with Gasteiger partial charge in [-0.05, 0) is 18.2 Å². The molecule has 1 amide bonds. The summed E-state index contributed by atoms with van der Waals surface area (Å²) in [6.07, 6.45) is 1.23. The van der Waals surface area contributed by atoms with Gasteiger partial charge in [-0.25, -0.2) is 14.2 Å². The van der Waals surface area contributed by atoms with Crippen molar-refractivity contribution in [3.8, 4) is 5.75 Å². The van der Waals surface area contributed by atoms with E-state index in [1.165, 1.54) is 24.9 Å². The molecule has 0 saturated heterocycles. The number of aromatic nitrogens is 6. The van der Waals surface area contributed by atoms with Gasteiger partial charge in [0.05, 0.1) is 23.7 Å². The maximum Gasteiger partial charge on any atom is 0.352 e. The summed E-state index contributed by atoms with van der Waals surface area (Å²) in [5.74, 6) is 0.114. The number of benzene rings is 1. The number of ether oxygens (including phenoxy) is 1. The van der Waals surface area contributed by atoms with Crippen LogP contribution in [0.3, 0.4) is 0 Å². The van der Waals surface area contributed by atoms with Crippen molar-refractivity contribution < 1.29 is 9.53 Å². The fourth-order valence-corrected chi connectivity index (χ4v) is 3.70. The van der Waals surface area contributed by atoms with Crippen LogP contribution in [0.5, 0.6) is 5.75 Å². The number of methoxy groups -OCH3 is 1. The van der Waals surface area contributed by atoms with Crippen molar-refractivity contribution in [3.63, 3.8) is 0 Å². The molecule has 0 aliphatic heterocycles. The molecule has 0 spiro atoms. The maximum atomic E-state index is 12.5. The smallest absolute Gasteiger partial charge is 0.352 e. The Morgan fingerprint density at radius 1 is 1.32 bits per heavy atom. The topological polar surface area (TPSA) is 125 Å². The van der Waals surface area contributed by atoms with E-state index in [1.54, 1.807) is 23.2 Å². The summed E-state index contributed by atoms with van der Waals surface area (Å²) in [4.78, 5) is 40.7. The van der Waals surface area contributed by atoms with Gasteiger partial charge in [-0.15, -0.1) is 5.10 Å². The van der Waals surface area contributed by atoms with Gasteiger partial charge in [-0.1, -0.05) is 16.7 Å². The van der Waals surface area contributed by atoms with E-state index in [1.807, 2.05) is 6.07 Å². The third-order valence-corrected chi connectivity index (χ3v) is 5.29. The monoisotopic (exact) mass is 401 g/mol. The third-order valence-electron chi connectivity index (χ3n) is 4.17. The Labute approximate surface area is 160 Å². The van der Waals surface area contributed by atoms with Crippen molar-refractivity contribution in [2.75, 3.05) is 13.7 Å². The van der Waals surface area contributed by atoms with Crippen LogP contribution in [0.2, 0.25) is 0 Å². The van der Waals surface area contributed by atoms with Crippen LogP contribution in [0.25, 0.3) is 15.7 Å². The number of hydrogen-bond donors (Lipinski definition) is 1. The maximum absolute atomic E-state index is 12.5. The molecule has 0 aliphatic carbocycles. The molecule has 0 saturated carbocycles. The predicted molar refractivity (Wildman–Crippen MR) is 101 cm³/mol. The third kappa shape index (κ3) is 2.93. The molecule has 1 N–H and O–H groups in total. The lowest BCUT2D eigenvalue weighted by Gasteiger charge is -2.03. The summed E-state index contributed by atoms with van der Waals surface area (Å²) in [7, 11) is 2.99. The first-order valence-corrected chi connectivity index (χ1v) is 9.00. The first-order chi connectivity index (χ1) is 13.5. The molecule has 3 heterocycles. The summed E-state index contributed by atoms with van der Waals surface area (Å²) >= 11 is 1.31. The number of imidazole rings is 1. The van der Waals surface area contributed by atoms with E-state index in [9.17, 15) is 14.4 Å². The molecule has 0 fully saturated rings. The summed E-state index contributed by atoms with van der Waals surface area (Å²) in [5, 5.41) is 10.8. The van der Waals surface area contributed by atoms with Crippen molar-refractivity contribution in [1.82, 2.24) is 33.7 Å². The molecule has 1 aromatic carbocycles. The number of fused-ring (bicyclic) bond motifs is 2. The second-order valence-electron chi connectivity index (χ2n) is 5.90. The zero-order valence-electron chi connectivity index (χ0n) is 14.9. The average Bonchev–Trinajstić information content (AvgIpc) is 3.26. The minimum Gasteiger partial charge on any atom is -0.497 e. The lowest BCUT2D eigenvalue weighted by atomic mass is 10.2. The second kappa shape index (κ2) is 6.88. The Kier molecular flexibility index (Phi) is 4.39. The number of carbonyl (C=O) groups excluding carboxylic acids is 1. The molecule has 144 valence electrons. The lowest BCUT2D eigenvalue weighted by molar-refractivity contribution is 0.0949. The van der Waals surface area contributed by atoms with E-state index in [0.29, 0.717) is 17.7 Å². The number of nitrogens with zero attached hydrogens (tertiary/aromatic N) is 6. The zero-order valence-corrected chi connectivity index (χ0v) is 15.8. The van der Waals surface area contributed by atoms with Gasteiger partial charge >= 0.3 is 5.69 Å². The fourth-order valence-electron chi connectivity index (χ4n) is 2.72. The molecular formula is C16H15N7O4S. The van der Waals surface area contributed by atoms with Crippen LogP contribution in [-0.4, -0.2) is 47.9 Å². The van der Waals surface area contributed by atoms with Gasteiger partial charge in [0.25, 0.3) is 11.5 Å². The highest BCUT2D eigenvalue weighted by atomic mass is 32.1.